The highest BCUT2D eigenvalue weighted by Gasteiger charge is 2.16. The van der Waals surface area contributed by atoms with Gasteiger partial charge >= 0.3 is 0 Å². The summed E-state index contributed by atoms with van der Waals surface area (Å²) in [6, 6.07) is 2.02. The second-order valence-corrected chi connectivity index (χ2v) is 5.41. The Morgan fingerprint density at radius 3 is 3.11 bits per heavy atom. The highest BCUT2D eigenvalue weighted by atomic mass is 35.5. The molecule has 100 valence electrons. The van der Waals surface area contributed by atoms with Crippen LogP contribution in [0.25, 0.3) is 0 Å². The molecule has 1 fully saturated rings. The smallest absolute Gasteiger partial charge is 0.0634 e. The van der Waals surface area contributed by atoms with Crippen LogP contribution >= 0.6 is 11.6 Å². The summed E-state index contributed by atoms with van der Waals surface area (Å²) < 4.78 is 0. The van der Waals surface area contributed by atoms with Gasteiger partial charge in [-0.05, 0) is 50.0 Å². The van der Waals surface area contributed by atoms with Crippen LogP contribution in [0.4, 0.5) is 0 Å². The zero-order valence-electron chi connectivity index (χ0n) is 11.0. The molecule has 0 spiro atoms. The molecule has 1 aromatic heterocycles. The summed E-state index contributed by atoms with van der Waals surface area (Å²) in [7, 11) is 0. The topological polar surface area (TPSA) is 28.2 Å². The number of nitrogens with one attached hydrogen (secondary N) is 1. The van der Waals surface area contributed by atoms with E-state index < -0.39 is 0 Å². The first kappa shape index (κ1) is 13.8. The molecule has 1 aromatic rings. The van der Waals surface area contributed by atoms with Gasteiger partial charge in [-0.1, -0.05) is 18.5 Å². The molecule has 2 heterocycles. The number of pyridine rings is 1. The first-order valence-electron chi connectivity index (χ1n) is 6.81. The third-order valence-electron chi connectivity index (χ3n) is 3.61. The van der Waals surface area contributed by atoms with Crippen LogP contribution in [0.3, 0.4) is 0 Å². The van der Waals surface area contributed by atoms with E-state index in [1.165, 1.54) is 24.9 Å². The Labute approximate surface area is 115 Å². The van der Waals surface area contributed by atoms with Crippen LogP contribution in [0.5, 0.6) is 0 Å². The molecule has 0 amide bonds. The number of aromatic nitrogens is 1. The van der Waals surface area contributed by atoms with Crippen LogP contribution in [-0.4, -0.2) is 36.1 Å². The third-order valence-corrected chi connectivity index (χ3v) is 3.95. The largest absolute Gasteiger partial charge is 0.316 e. The first-order chi connectivity index (χ1) is 8.79. The minimum atomic E-state index is 0.776. The number of nitrogens with zero attached hydrogens (tertiary/aromatic N) is 2. The van der Waals surface area contributed by atoms with Crippen molar-refractivity contribution in [2.75, 3.05) is 26.2 Å². The van der Waals surface area contributed by atoms with Crippen molar-refractivity contribution in [1.82, 2.24) is 15.2 Å². The predicted octanol–water partition coefficient (Wildman–Crippen LogP) is 2.56. The molecular weight excluding hydrogens is 246 g/mol. The maximum Gasteiger partial charge on any atom is 0.0634 e. The monoisotopic (exact) mass is 267 g/mol. The molecule has 0 radical (unpaired) electrons. The minimum absolute atomic E-state index is 0.776. The summed E-state index contributed by atoms with van der Waals surface area (Å²) in [5.41, 5.74) is 1.18. The summed E-state index contributed by atoms with van der Waals surface area (Å²) in [4.78, 5) is 6.50. The molecule has 0 bridgehead atoms. The van der Waals surface area contributed by atoms with Crippen molar-refractivity contribution >= 4 is 11.6 Å². The van der Waals surface area contributed by atoms with Gasteiger partial charge in [0.1, 0.15) is 0 Å². The van der Waals surface area contributed by atoms with Crippen LogP contribution in [0.1, 0.15) is 25.3 Å². The summed E-state index contributed by atoms with van der Waals surface area (Å²) in [5, 5.41) is 4.25. The summed E-state index contributed by atoms with van der Waals surface area (Å²) in [5.74, 6) is 0.777. The summed E-state index contributed by atoms with van der Waals surface area (Å²) in [6.45, 7) is 7.69. The van der Waals surface area contributed by atoms with Gasteiger partial charge in [0, 0.05) is 25.5 Å². The van der Waals surface area contributed by atoms with Gasteiger partial charge in [0.05, 0.1) is 5.02 Å². The van der Waals surface area contributed by atoms with E-state index in [0.717, 1.165) is 37.1 Å². The van der Waals surface area contributed by atoms with Crippen molar-refractivity contribution in [2.24, 2.45) is 5.92 Å². The molecule has 1 aliphatic heterocycles. The van der Waals surface area contributed by atoms with Crippen molar-refractivity contribution in [3.8, 4) is 0 Å². The van der Waals surface area contributed by atoms with Gasteiger partial charge in [0.25, 0.3) is 0 Å². The fourth-order valence-electron chi connectivity index (χ4n) is 2.52. The lowest BCUT2D eigenvalue weighted by Gasteiger charge is -2.29. The van der Waals surface area contributed by atoms with Crippen LogP contribution in [0.15, 0.2) is 18.5 Å². The summed E-state index contributed by atoms with van der Waals surface area (Å²) in [6.07, 6.45) is 6.19. The maximum absolute atomic E-state index is 6.17. The normalized spacial score (nSPS) is 20.3. The van der Waals surface area contributed by atoms with E-state index in [9.17, 15) is 0 Å². The van der Waals surface area contributed by atoms with Crippen LogP contribution in [0.2, 0.25) is 5.02 Å². The predicted molar refractivity (Wildman–Crippen MR) is 75.8 cm³/mol. The fraction of sp³-hybridized carbons (Fsp3) is 0.643. The molecule has 0 aromatic carbocycles. The molecule has 0 aliphatic carbocycles. The fourth-order valence-corrected chi connectivity index (χ4v) is 2.70. The molecule has 1 atom stereocenters. The second-order valence-electron chi connectivity index (χ2n) is 5.01. The molecule has 18 heavy (non-hydrogen) atoms. The Kier molecular flexibility index (Phi) is 5.42. The minimum Gasteiger partial charge on any atom is -0.316 e. The van der Waals surface area contributed by atoms with E-state index >= 15 is 0 Å². The number of hydrogen-bond acceptors (Lipinski definition) is 3. The zero-order valence-corrected chi connectivity index (χ0v) is 11.8. The quantitative estimate of drug-likeness (QED) is 0.889. The molecule has 1 N–H and O–H groups in total. The van der Waals surface area contributed by atoms with Crippen molar-refractivity contribution in [2.45, 2.75) is 26.3 Å². The van der Waals surface area contributed by atoms with Gasteiger partial charge in [-0.3, -0.25) is 9.88 Å². The van der Waals surface area contributed by atoms with Crippen molar-refractivity contribution in [3.05, 3.63) is 29.0 Å². The average Bonchev–Trinajstić information content (AvgIpc) is 2.41. The second kappa shape index (κ2) is 7.07. The van der Waals surface area contributed by atoms with Crippen LogP contribution < -0.4 is 5.32 Å². The maximum atomic E-state index is 6.17. The number of rotatable bonds is 5. The van der Waals surface area contributed by atoms with E-state index in [2.05, 4.69) is 22.1 Å². The number of halogens is 1. The van der Waals surface area contributed by atoms with Crippen molar-refractivity contribution in [3.63, 3.8) is 0 Å². The average molecular weight is 268 g/mol. The van der Waals surface area contributed by atoms with Crippen LogP contribution in [0, 0.1) is 5.92 Å². The molecule has 1 unspecified atom stereocenters. The van der Waals surface area contributed by atoms with E-state index in [4.69, 9.17) is 11.6 Å². The Hall–Kier alpha value is -0.640. The number of hydrogen-bond donors (Lipinski definition) is 1. The lowest BCUT2D eigenvalue weighted by Crippen LogP contribution is -2.38. The molecule has 2 rings (SSSR count). The Morgan fingerprint density at radius 1 is 1.56 bits per heavy atom. The molecule has 0 saturated carbocycles. The first-order valence-corrected chi connectivity index (χ1v) is 7.19. The Bertz CT molecular complexity index is 364. The lowest BCUT2D eigenvalue weighted by molar-refractivity contribution is 0.209. The van der Waals surface area contributed by atoms with Gasteiger partial charge in [-0.15, -0.1) is 0 Å². The Morgan fingerprint density at radius 2 is 2.44 bits per heavy atom. The standard InChI is InChI=1S/C14H22ClN3/c1-2-18(10-12-4-3-6-16-8-12)11-13-5-7-17-9-14(13)15/h5,7,9,12,16H,2-4,6,8,10-11H2,1H3. The zero-order chi connectivity index (χ0) is 12.8. The molecule has 1 aliphatic rings. The van der Waals surface area contributed by atoms with Crippen LogP contribution in [-0.2, 0) is 6.54 Å². The molecular formula is C14H22ClN3. The van der Waals surface area contributed by atoms with Gasteiger partial charge in [0.2, 0.25) is 0 Å². The Balaban J connectivity index is 1.90. The highest BCUT2D eigenvalue weighted by Crippen LogP contribution is 2.18. The van der Waals surface area contributed by atoms with E-state index in [0.29, 0.717) is 0 Å². The molecule has 4 heteroatoms. The summed E-state index contributed by atoms with van der Waals surface area (Å²) >= 11 is 6.17. The third kappa shape index (κ3) is 3.94. The molecule has 1 saturated heterocycles. The SMILES string of the molecule is CCN(Cc1ccncc1Cl)CC1CCCNC1. The van der Waals surface area contributed by atoms with Gasteiger partial charge in [0.15, 0.2) is 0 Å². The lowest BCUT2D eigenvalue weighted by atomic mass is 9.99. The van der Waals surface area contributed by atoms with Crippen molar-refractivity contribution in [1.29, 1.82) is 0 Å². The van der Waals surface area contributed by atoms with Gasteiger partial charge in [-0.2, -0.15) is 0 Å². The van der Waals surface area contributed by atoms with E-state index in [1.54, 1.807) is 6.20 Å². The highest BCUT2D eigenvalue weighted by molar-refractivity contribution is 6.31. The van der Waals surface area contributed by atoms with Crippen molar-refractivity contribution < 1.29 is 0 Å². The number of piperidine rings is 1. The van der Waals surface area contributed by atoms with Gasteiger partial charge in [-0.25, -0.2) is 0 Å². The van der Waals surface area contributed by atoms with E-state index in [-0.39, 0.29) is 0 Å². The molecule has 3 nitrogen and oxygen atoms in total. The van der Waals surface area contributed by atoms with E-state index in [1.807, 2.05) is 12.3 Å². The van der Waals surface area contributed by atoms with Gasteiger partial charge < -0.3 is 5.32 Å².